The minimum Gasteiger partial charge on any atom is -0.394 e. The van der Waals surface area contributed by atoms with Crippen LogP contribution < -0.4 is 16.0 Å². The molecule has 51 heavy (non-hydrogen) atoms. The summed E-state index contributed by atoms with van der Waals surface area (Å²) in [6.45, 7) is -0.671. The Balaban J connectivity index is 1.30. The first kappa shape index (κ1) is 40.4. The minimum atomic E-state index is -1.98. The number of fused-ring (bicyclic) bond motifs is 1. The highest BCUT2D eigenvalue weighted by atomic mass is 16.8. The van der Waals surface area contributed by atoms with Crippen LogP contribution in [0.5, 0.6) is 0 Å². The van der Waals surface area contributed by atoms with Crippen LogP contribution in [-0.2, 0) is 42.7 Å². The number of rotatable bonds is 12. The van der Waals surface area contributed by atoms with E-state index in [9.17, 15) is 65.8 Å². The largest absolute Gasteiger partial charge is 0.394 e. The van der Waals surface area contributed by atoms with Gasteiger partial charge in [0.15, 0.2) is 24.5 Å². The molecule has 0 saturated carbocycles. The molecular weight excluding hydrogens is 698 g/mol. The van der Waals surface area contributed by atoms with Crippen LogP contribution in [0.25, 0.3) is 0 Å². The maximum absolute atomic E-state index is 12.2. The van der Waals surface area contributed by atoms with Gasteiger partial charge in [-0.1, -0.05) is 0 Å². The zero-order valence-electron chi connectivity index (χ0n) is 27.4. The maximum Gasteiger partial charge on any atom is 0.218 e. The molecule has 5 fully saturated rings. The fourth-order valence-corrected chi connectivity index (χ4v) is 6.66. The summed E-state index contributed by atoms with van der Waals surface area (Å²) >= 11 is 0. The molecule has 23 nitrogen and oxygen atoms in total. The van der Waals surface area contributed by atoms with E-state index >= 15 is 0 Å². The van der Waals surface area contributed by atoms with Gasteiger partial charge in [0, 0.05) is 13.8 Å². The Morgan fingerprint density at radius 3 is 1.75 bits per heavy atom. The van der Waals surface area contributed by atoms with Crippen molar-refractivity contribution in [2.45, 2.75) is 136 Å². The summed E-state index contributed by atoms with van der Waals surface area (Å²) < 4.78 is 39.6. The Labute approximate surface area is 289 Å². The maximum atomic E-state index is 12.2. The van der Waals surface area contributed by atoms with Crippen LogP contribution in [0.4, 0.5) is 0 Å². The third-order valence-electron chi connectivity index (χ3n) is 9.47. The minimum absolute atomic E-state index is 0.526. The molecular formula is C28H47N3O20. The van der Waals surface area contributed by atoms with E-state index in [1.165, 1.54) is 6.92 Å². The van der Waals surface area contributed by atoms with E-state index in [-0.39, 0.29) is 0 Å². The number of hydrogen-bond acceptors (Lipinski definition) is 21. The predicted octanol–water partition coefficient (Wildman–Crippen LogP) is -9.52. The molecule has 2 amide bonds. The standard InChI is InChI=1S/C28H47N3O20/c1-7(35)29-13-16(39)21(10(4-33)47-24(13)51-22-11(5-34)49-27-28(31-27,23(22)44)30-8(2)36)50-26-20(43)18(41)15(38)12(48-26)6-45-25-19(42)17(40)14(37)9(3-32)46-25/h9-27,31-34,37-44H,3-6H2,1-2H3,(H,29,35)(H,30,36)/t9-,10-,11-,12-,13-,14-,15-,16-,17+,18+,19+,20+,21-,22-,23+,24+,25+,26+,27+,28+/m1/s1. The molecule has 0 aromatic heterocycles. The van der Waals surface area contributed by atoms with E-state index in [0.717, 1.165) is 6.92 Å². The van der Waals surface area contributed by atoms with E-state index in [2.05, 4.69) is 16.0 Å². The van der Waals surface area contributed by atoms with Crippen molar-refractivity contribution in [1.82, 2.24) is 16.0 Å². The van der Waals surface area contributed by atoms with Gasteiger partial charge in [-0.3, -0.25) is 14.9 Å². The summed E-state index contributed by atoms with van der Waals surface area (Å²) in [6.07, 6.45) is -29.1. The molecule has 5 aliphatic rings. The summed E-state index contributed by atoms with van der Waals surface area (Å²) in [6, 6.07) is -1.52. The first-order valence-electron chi connectivity index (χ1n) is 16.2. The van der Waals surface area contributed by atoms with Gasteiger partial charge < -0.3 is 100.0 Å². The Hall–Kier alpha value is -1.82. The SMILES string of the molecule is CC(=O)N[C@H]1[C@H](O[C@@H]2[C@@H](CO)O[C@@H]3N[C@@]3(NC(C)=O)[C@H]2O)O[C@H](CO)[C@@H](O[C@@H]2O[C@H](CO[C@H]3O[C@H](CO)[C@@H](O)[C@H](O)[C@@H]3O)[C@@H](O)[C@H](O)[C@@H]2O)[C@@H]1O. The highest BCUT2D eigenvalue weighted by Gasteiger charge is 2.69. The molecule has 5 aliphatic heterocycles. The number of carbonyl (C=O) groups excluding carboxylic acids is 2. The highest BCUT2D eigenvalue weighted by molar-refractivity contribution is 5.74. The molecule has 23 heteroatoms. The second-order valence-corrected chi connectivity index (χ2v) is 13.1. The van der Waals surface area contributed by atoms with Gasteiger partial charge in [-0.15, -0.1) is 0 Å². The first-order chi connectivity index (χ1) is 24.1. The second kappa shape index (κ2) is 16.3. The molecule has 294 valence electrons. The molecule has 20 atom stereocenters. The lowest BCUT2D eigenvalue weighted by Crippen LogP contribution is -2.69. The van der Waals surface area contributed by atoms with Crippen LogP contribution >= 0.6 is 0 Å². The number of amides is 2. The molecule has 0 aromatic rings. The third-order valence-corrected chi connectivity index (χ3v) is 9.47. The Kier molecular flexibility index (Phi) is 12.9. The van der Waals surface area contributed by atoms with E-state index in [4.69, 9.17) is 33.2 Å². The number of nitrogens with one attached hydrogen (secondary N) is 3. The zero-order chi connectivity index (χ0) is 37.5. The number of aliphatic hydroxyl groups excluding tert-OH is 11. The van der Waals surface area contributed by atoms with Gasteiger partial charge in [0.05, 0.1) is 26.4 Å². The summed E-state index contributed by atoms with van der Waals surface area (Å²) in [5, 5.41) is 122. The molecule has 0 radical (unpaired) electrons. The molecule has 0 spiro atoms. The number of carbonyl (C=O) groups is 2. The normalized spacial score (nSPS) is 49.9. The van der Waals surface area contributed by atoms with Crippen LogP contribution in [0.15, 0.2) is 0 Å². The molecule has 14 N–H and O–H groups in total. The van der Waals surface area contributed by atoms with Gasteiger partial charge in [0.25, 0.3) is 0 Å². The lowest BCUT2D eigenvalue weighted by Gasteiger charge is -2.48. The Morgan fingerprint density at radius 1 is 0.627 bits per heavy atom. The fourth-order valence-electron chi connectivity index (χ4n) is 6.66. The van der Waals surface area contributed by atoms with Crippen LogP contribution in [0.2, 0.25) is 0 Å². The van der Waals surface area contributed by atoms with E-state index in [1.54, 1.807) is 0 Å². The molecule has 0 bridgehead atoms. The van der Waals surface area contributed by atoms with Gasteiger partial charge >= 0.3 is 0 Å². The van der Waals surface area contributed by atoms with Crippen LogP contribution in [0.1, 0.15) is 13.8 Å². The zero-order valence-corrected chi connectivity index (χ0v) is 27.4. The lowest BCUT2D eigenvalue weighted by molar-refractivity contribution is -0.362. The van der Waals surface area contributed by atoms with Crippen molar-refractivity contribution in [2.24, 2.45) is 0 Å². The second-order valence-electron chi connectivity index (χ2n) is 13.1. The molecule has 5 rings (SSSR count). The third kappa shape index (κ3) is 8.02. The van der Waals surface area contributed by atoms with E-state index < -0.39 is 161 Å². The predicted molar refractivity (Wildman–Crippen MR) is 157 cm³/mol. The molecule has 0 aromatic carbocycles. The van der Waals surface area contributed by atoms with Crippen molar-refractivity contribution in [3.05, 3.63) is 0 Å². The van der Waals surface area contributed by atoms with Gasteiger partial charge in [0.2, 0.25) is 11.8 Å². The monoisotopic (exact) mass is 745 g/mol. The summed E-state index contributed by atoms with van der Waals surface area (Å²) in [5.74, 6) is -1.23. The van der Waals surface area contributed by atoms with Crippen molar-refractivity contribution in [3.63, 3.8) is 0 Å². The quantitative estimate of drug-likeness (QED) is 0.0824. The van der Waals surface area contributed by atoms with E-state index in [0.29, 0.717) is 0 Å². The van der Waals surface area contributed by atoms with Crippen molar-refractivity contribution in [2.75, 3.05) is 26.4 Å². The van der Waals surface area contributed by atoms with Crippen LogP contribution in [0.3, 0.4) is 0 Å². The summed E-state index contributed by atoms with van der Waals surface area (Å²) in [7, 11) is 0. The van der Waals surface area contributed by atoms with Gasteiger partial charge in [-0.25, -0.2) is 0 Å². The van der Waals surface area contributed by atoms with Gasteiger partial charge in [-0.05, 0) is 0 Å². The van der Waals surface area contributed by atoms with Crippen LogP contribution in [0, 0.1) is 0 Å². The fraction of sp³-hybridized carbons (Fsp3) is 0.929. The Morgan fingerprint density at radius 2 is 1.16 bits per heavy atom. The highest BCUT2D eigenvalue weighted by Crippen LogP contribution is 2.40. The van der Waals surface area contributed by atoms with Crippen molar-refractivity contribution >= 4 is 11.8 Å². The molecule has 5 saturated heterocycles. The Bertz CT molecular complexity index is 1210. The van der Waals surface area contributed by atoms with Gasteiger partial charge in [-0.2, -0.15) is 0 Å². The molecule has 0 aliphatic carbocycles. The van der Waals surface area contributed by atoms with E-state index in [1.807, 2.05) is 0 Å². The van der Waals surface area contributed by atoms with Crippen LogP contribution in [-0.4, -0.2) is 217 Å². The summed E-state index contributed by atoms with van der Waals surface area (Å²) in [5.41, 5.74) is -1.48. The summed E-state index contributed by atoms with van der Waals surface area (Å²) in [4.78, 5) is 24.1. The van der Waals surface area contributed by atoms with Gasteiger partial charge in [0.1, 0.15) is 97.7 Å². The van der Waals surface area contributed by atoms with Crippen molar-refractivity contribution in [3.8, 4) is 0 Å². The van der Waals surface area contributed by atoms with Crippen molar-refractivity contribution in [1.29, 1.82) is 0 Å². The number of ether oxygens (including phenoxy) is 7. The molecule has 5 heterocycles. The number of hydrogen-bond donors (Lipinski definition) is 14. The number of aliphatic hydroxyl groups is 11. The average molecular weight is 746 g/mol. The van der Waals surface area contributed by atoms with Crippen molar-refractivity contribution < 1.29 is 98.9 Å². The lowest BCUT2D eigenvalue weighted by atomic mass is 9.94. The average Bonchev–Trinajstić information content (AvgIpc) is 3.80. The first-order valence-corrected chi connectivity index (χ1v) is 16.2. The smallest absolute Gasteiger partial charge is 0.218 e. The molecule has 0 unspecified atom stereocenters. The topological polar surface area (TPSA) is 367 Å².